The van der Waals surface area contributed by atoms with Crippen molar-refractivity contribution in [1.82, 2.24) is 20.3 Å². The molecule has 1 aliphatic heterocycles. The Labute approximate surface area is 156 Å². The number of nitrogens with one attached hydrogen (secondary N) is 1. The van der Waals surface area contributed by atoms with Gasteiger partial charge < -0.3 is 14.7 Å². The first-order valence-electron chi connectivity index (χ1n) is 9.77. The molecular formula is C19H32N4O3. The summed E-state index contributed by atoms with van der Waals surface area (Å²) < 4.78 is 4.98. The van der Waals surface area contributed by atoms with Gasteiger partial charge in [-0.2, -0.15) is 0 Å². The molecule has 0 radical (unpaired) electrons. The van der Waals surface area contributed by atoms with Crippen LogP contribution in [0.2, 0.25) is 0 Å². The average molecular weight is 364 g/mol. The number of piperazine rings is 1. The van der Waals surface area contributed by atoms with Crippen LogP contribution in [0.3, 0.4) is 0 Å². The Morgan fingerprint density at radius 3 is 2.38 bits per heavy atom. The molecular weight excluding hydrogens is 332 g/mol. The lowest BCUT2D eigenvalue weighted by molar-refractivity contribution is -0.125. The van der Waals surface area contributed by atoms with Crippen LogP contribution in [-0.4, -0.2) is 66.0 Å². The molecule has 1 aromatic heterocycles. The quantitative estimate of drug-likeness (QED) is 0.726. The highest BCUT2D eigenvalue weighted by molar-refractivity contribution is 5.92. The fourth-order valence-corrected chi connectivity index (χ4v) is 3.39. The summed E-state index contributed by atoms with van der Waals surface area (Å²) in [5.41, 5.74) is 0.376. The highest BCUT2D eigenvalue weighted by Crippen LogP contribution is 2.13. The maximum Gasteiger partial charge on any atom is 0.276 e. The van der Waals surface area contributed by atoms with Crippen LogP contribution in [-0.2, 0) is 4.79 Å². The molecule has 1 saturated heterocycles. The lowest BCUT2D eigenvalue weighted by atomic mass is 9.97. The van der Waals surface area contributed by atoms with Gasteiger partial charge in [-0.3, -0.25) is 14.5 Å². The summed E-state index contributed by atoms with van der Waals surface area (Å²) in [5, 5.41) is 6.88. The highest BCUT2D eigenvalue weighted by Gasteiger charge is 2.24. The Hall–Kier alpha value is -1.89. The van der Waals surface area contributed by atoms with Gasteiger partial charge in [-0.15, -0.1) is 0 Å². The molecule has 0 spiro atoms. The largest absolute Gasteiger partial charge is 0.361 e. The average Bonchev–Trinajstić information content (AvgIpc) is 3.08. The molecule has 0 unspecified atom stereocenters. The monoisotopic (exact) mass is 364 g/mol. The minimum atomic E-state index is -0.0724. The molecule has 0 aromatic carbocycles. The lowest BCUT2D eigenvalue weighted by Gasteiger charge is -2.34. The van der Waals surface area contributed by atoms with Crippen molar-refractivity contribution in [2.45, 2.75) is 46.5 Å². The number of carbonyl (C=O) groups is 2. The van der Waals surface area contributed by atoms with E-state index in [-0.39, 0.29) is 17.7 Å². The molecule has 7 nitrogen and oxygen atoms in total. The van der Waals surface area contributed by atoms with Crippen LogP contribution < -0.4 is 5.32 Å². The Kier molecular flexibility index (Phi) is 8.09. The van der Waals surface area contributed by atoms with Gasteiger partial charge in [-0.25, -0.2) is 0 Å². The number of nitrogens with zero attached hydrogens (tertiary/aromatic N) is 3. The number of amides is 2. The van der Waals surface area contributed by atoms with E-state index in [0.717, 1.165) is 45.3 Å². The zero-order valence-corrected chi connectivity index (χ0v) is 16.3. The van der Waals surface area contributed by atoms with Gasteiger partial charge in [0.05, 0.1) is 0 Å². The molecule has 26 heavy (non-hydrogen) atoms. The van der Waals surface area contributed by atoms with Crippen molar-refractivity contribution in [1.29, 1.82) is 0 Å². The number of aryl methyl sites for hydroxylation is 1. The Morgan fingerprint density at radius 1 is 1.19 bits per heavy atom. The lowest BCUT2D eigenvalue weighted by Crippen LogP contribution is -2.50. The summed E-state index contributed by atoms with van der Waals surface area (Å²) in [6.07, 6.45) is 4.00. The van der Waals surface area contributed by atoms with E-state index in [4.69, 9.17) is 4.52 Å². The molecule has 1 aliphatic rings. The van der Waals surface area contributed by atoms with Crippen molar-refractivity contribution in [3.63, 3.8) is 0 Å². The first-order chi connectivity index (χ1) is 12.5. The predicted octanol–water partition coefficient (Wildman–Crippen LogP) is 2.07. The van der Waals surface area contributed by atoms with Crippen molar-refractivity contribution >= 4 is 11.8 Å². The summed E-state index contributed by atoms with van der Waals surface area (Å²) in [6, 6.07) is 1.67. The zero-order valence-electron chi connectivity index (χ0n) is 16.3. The van der Waals surface area contributed by atoms with Gasteiger partial charge >= 0.3 is 0 Å². The van der Waals surface area contributed by atoms with E-state index in [2.05, 4.69) is 29.2 Å². The van der Waals surface area contributed by atoms with Gasteiger partial charge in [-0.1, -0.05) is 31.8 Å². The van der Waals surface area contributed by atoms with Crippen LogP contribution >= 0.6 is 0 Å². The maximum absolute atomic E-state index is 12.3. The second-order valence-electron chi connectivity index (χ2n) is 7.02. The molecule has 1 fully saturated rings. The van der Waals surface area contributed by atoms with E-state index in [9.17, 15) is 9.59 Å². The molecule has 7 heteroatoms. The summed E-state index contributed by atoms with van der Waals surface area (Å²) in [7, 11) is 0. The van der Waals surface area contributed by atoms with Gasteiger partial charge in [0.1, 0.15) is 5.76 Å². The minimum Gasteiger partial charge on any atom is -0.361 e. The Bertz CT molecular complexity index is 573. The zero-order chi connectivity index (χ0) is 18.9. The van der Waals surface area contributed by atoms with Crippen molar-refractivity contribution in [2.24, 2.45) is 5.92 Å². The van der Waals surface area contributed by atoms with Gasteiger partial charge in [0.25, 0.3) is 5.91 Å². The van der Waals surface area contributed by atoms with E-state index in [1.54, 1.807) is 13.0 Å². The third-order valence-electron chi connectivity index (χ3n) is 4.88. The Morgan fingerprint density at radius 2 is 1.85 bits per heavy atom. The van der Waals surface area contributed by atoms with Gasteiger partial charge in [0, 0.05) is 51.3 Å². The minimum absolute atomic E-state index is 0.0724. The molecule has 2 heterocycles. The molecule has 0 bridgehead atoms. The topological polar surface area (TPSA) is 78.7 Å². The molecule has 146 valence electrons. The van der Waals surface area contributed by atoms with Crippen molar-refractivity contribution in [2.75, 3.05) is 39.3 Å². The fraction of sp³-hybridized carbons (Fsp3) is 0.737. The van der Waals surface area contributed by atoms with Gasteiger partial charge in [0.15, 0.2) is 5.69 Å². The maximum atomic E-state index is 12.3. The number of hydrogen-bond donors (Lipinski definition) is 1. The SMILES string of the molecule is CCCC(CCC)C(=O)NCCN1CCN(C(=O)c2cc(C)on2)CC1. The first kappa shape index (κ1) is 20.4. The first-order valence-corrected chi connectivity index (χ1v) is 9.77. The van der Waals surface area contributed by atoms with E-state index in [1.807, 2.05) is 4.90 Å². The third kappa shape index (κ3) is 5.83. The van der Waals surface area contributed by atoms with Crippen LogP contribution in [0.5, 0.6) is 0 Å². The van der Waals surface area contributed by atoms with E-state index < -0.39 is 0 Å². The summed E-state index contributed by atoms with van der Waals surface area (Å²) in [4.78, 5) is 28.7. The second-order valence-corrected chi connectivity index (χ2v) is 7.02. The highest BCUT2D eigenvalue weighted by atomic mass is 16.5. The molecule has 0 saturated carbocycles. The summed E-state index contributed by atoms with van der Waals surface area (Å²) in [5.74, 6) is 0.901. The van der Waals surface area contributed by atoms with Crippen LogP contribution in [0.4, 0.5) is 0 Å². The van der Waals surface area contributed by atoms with E-state index in [0.29, 0.717) is 31.1 Å². The second kappa shape index (κ2) is 10.3. The fourth-order valence-electron chi connectivity index (χ4n) is 3.39. The van der Waals surface area contributed by atoms with Crippen LogP contribution in [0.25, 0.3) is 0 Å². The number of rotatable bonds is 9. The van der Waals surface area contributed by atoms with E-state index in [1.165, 1.54) is 0 Å². The van der Waals surface area contributed by atoms with Gasteiger partial charge in [0.2, 0.25) is 5.91 Å². The normalized spacial score (nSPS) is 15.5. The van der Waals surface area contributed by atoms with Crippen molar-refractivity contribution in [3.05, 3.63) is 17.5 Å². The van der Waals surface area contributed by atoms with E-state index >= 15 is 0 Å². The van der Waals surface area contributed by atoms with Crippen LogP contribution in [0.1, 0.15) is 55.8 Å². The summed E-state index contributed by atoms with van der Waals surface area (Å²) in [6.45, 7) is 10.5. The number of carbonyl (C=O) groups excluding carboxylic acids is 2. The third-order valence-corrected chi connectivity index (χ3v) is 4.88. The standard InChI is InChI=1S/C19H32N4O3/c1-4-6-16(7-5-2)18(24)20-8-9-22-10-12-23(13-11-22)19(25)17-14-15(3)26-21-17/h14,16H,4-13H2,1-3H3,(H,20,24). The molecule has 2 rings (SSSR count). The number of aromatic nitrogens is 1. The molecule has 1 aromatic rings. The van der Waals surface area contributed by atoms with Crippen molar-refractivity contribution < 1.29 is 14.1 Å². The number of hydrogen-bond acceptors (Lipinski definition) is 5. The predicted molar refractivity (Wildman–Crippen MR) is 99.9 cm³/mol. The summed E-state index contributed by atoms with van der Waals surface area (Å²) >= 11 is 0. The van der Waals surface area contributed by atoms with Gasteiger partial charge in [-0.05, 0) is 19.8 Å². The van der Waals surface area contributed by atoms with Crippen LogP contribution in [0, 0.1) is 12.8 Å². The molecule has 1 N–H and O–H groups in total. The van der Waals surface area contributed by atoms with Crippen molar-refractivity contribution in [3.8, 4) is 0 Å². The molecule has 2 amide bonds. The molecule has 0 atom stereocenters. The smallest absolute Gasteiger partial charge is 0.276 e. The molecule has 0 aliphatic carbocycles. The van der Waals surface area contributed by atoms with Crippen LogP contribution in [0.15, 0.2) is 10.6 Å². The Balaban J connectivity index is 1.68.